The van der Waals surface area contributed by atoms with Gasteiger partial charge in [0.15, 0.2) is 6.04 Å². The van der Waals surface area contributed by atoms with Gasteiger partial charge in [0.25, 0.3) is 5.91 Å². The maximum absolute atomic E-state index is 13.1. The summed E-state index contributed by atoms with van der Waals surface area (Å²) in [7, 11) is 0. The van der Waals surface area contributed by atoms with E-state index in [9.17, 15) is 18.0 Å². The third-order valence-corrected chi connectivity index (χ3v) is 3.09. The van der Waals surface area contributed by atoms with Gasteiger partial charge in [-0.1, -0.05) is 41.9 Å². The number of carbonyl (C=O) groups excluding carboxylic acids is 1. The van der Waals surface area contributed by atoms with Gasteiger partial charge in [0.1, 0.15) is 0 Å². The van der Waals surface area contributed by atoms with Crippen molar-refractivity contribution < 1.29 is 18.0 Å². The van der Waals surface area contributed by atoms with Crippen molar-refractivity contribution in [3.63, 3.8) is 0 Å². The number of benzene rings is 2. The Labute approximate surface area is 124 Å². The van der Waals surface area contributed by atoms with E-state index in [4.69, 9.17) is 11.6 Å². The monoisotopic (exact) mass is 313 g/mol. The van der Waals surface area contributed by atoms with E-state index in [0.29, 0.717) is 5.02 Å². The summed E-state index contributed by atoms with van der Waals surface area (Å²) >= 11 is 5.68. The van der Waals surface area contributed by atoms with Crippen LogP contribution in [0.1, 0.15) is 22.0 Å². The minimum Gasteiger partial charge on any atom is -0.337 e. The average molecular weight is 314 g/mol. The zero-order chi connectivity index (χ0) is 15.5. The molecule has 110 valence electrons. The zero-order valence-electron chi connectivity index (χ0n) is 10.7. The van der Waals surface area contributed by atoms with Gasteiger partial charge in [-0.05, 0) is 29.8 Å². The van der Waals surface area contributed by atoms with Crippen molar-refractivity contribution in [1.29, 1.82) is 0 Å². The predicted octanol–water partition coefficient (Wildman–Crippen LogP) is 4.37. The first kappa shape index (κ1) is 15.4. The van der Waals surface area contributed by atoms with Crippen LogP contribution in [0, 0.1) is 0 Å². The molecule has 21 heavy (non-hydrogen) atoms. The smallest absolute Gasteiger partial charge is 0.337 e. The van der Waals surface area contributed by atoms with E-state index in [0.717, 1.165) is 0 Å². The zero-order valence-corrected chi connectivity index (χ0v) is 11.4. The number of nitrogens with one attached hydrogen (secondary N) is 1. The first-order valence-corrected chi connectivity index (χ1v) is 6.44. The van der Waals surface area contributed by atoms with Gasteiger partial charge in [-0.2, -0.15) is 13.2 Å². The van der Waals surface area contributed by atoms with Crippen molar-refractivity contribution in [2.24, 2.45) is 0 Å². The Kier molecular flexibility index (Phi) is 4.53. The molecule has 6 heteroatoms. The fourth-order valence-electron chi connectivity index (χ4n) is 1.82. The summed E-state index contributed by atoms with van der Waals surface area (Å²) in [4.78, 5) is 11.9. The lowest BCUT2D eigenvalue weighted by Crippen LogP contribution is -2.38. The summed E-state index contributed by atoms with van der Waals surface area (Å²) in [5.41, 5.74) is 0.0943. The Morgan fingerprint density at radius 3 is 2.10 bits per heavy atom. The molecule has 0 unspecified atom stereocenters. The van der Waals surface area contributed by atoms with Crippen molar-refractivity contribution in [2.45, 2.75) is 12.2 Å². The van der Waals surface area contributed by atoms with Crippen molar-refractivity contribution >= 4 is 17.5 Å². The molecule has 1 atom stereocenters. The highest BCUT2D eigenvalue weighted by Gasteiger charge is 2.41. The SMILES string of the molecule is O=C(N[C@H](c1ccccc1)C(F)(F)F)c1ccc(Cl)cc1. The van der Waals surface area contributed by atoms with Gasteiger partial charge in [0, 0.05) is 10.6 Å². The lowest BCUT2D eigenvalue weighted by atomic mass is 10.1. The second-order valence-electron chi connectivity index (χ2n) is 4.37. The molecule has 1 N–H and O–H groups in total. The second-order valence-corrected chi connectivity index (χ2v) is 4.80. The van der Waals surface area contributed by atoms with Crippen LogP contribution in [0.4, 0.5) is 13.2 Å². The summed E-state index contributed by atoms with van der Waals surface area (Å²) in [6.07, 6.45) is -4.58. The maximum Gasteiger partial charge on any atom is 0.412 e. The number of carbonyl (C=O) groups is 1. The van der Waals surface area contributed by atoms with Gasteiger partial charge in [0.05, 0.1) is 0 Å². The standard InChI is InChI=1S/C15H11ClF3NO/c16-12-8-6-11(7-9-12)14(21)20-13(15(17,18)19)10-4-2-1-3-5-10/h1-9,13H,(H,20,21)/t13-/m1/s1. The number of amides is 1. The molecule has 0 aromatic heterocycles. The molecule has 0 spiro atoms. The van der Waals surface area contributed by atoms with E-state index in [-0.39, 0.29) is 11.1 Å². The van der Waals surface area contributed by atoms with Gasteiger partial charge in [-0.15, -0.1) is 0 Å². The van der Waals surface area contributed by atoms with Crippen LogP contribution in [0.3, 0.4) is 0 Å². The molecule has 0 saturated carbocycles. The second kappa shape index (κ2) is 6.18. The Balaban J connectivity index is 2.24. The van der Waals surface area contributed by atoms with Gasteiger partial charge in [-0.3, -0.25) is 4.79 Å². The Hall–Kier alpha value is -2.01. The number of alkyl halides is 3. The molecule has 0 aliphatic heterocycles. The van der Waals surface area contributed by atoms with Crippen LogP contribution in [0.25, 0.3) is 0 Å². The number of hydrogen-bond donors (Lipinski definition) is 1. The summed E-state index contributed by atoms with van der Waals surface area (Å²) in [6, 6.07) is 10.8. The van der Waals surface area contributed by atoms with E-state index in [1.807, 2.05) is 5.32 Å². The predicted molar refractivity (Wildman–Crippen MR) is 74.2 cm³/mol. The maximum atomic E-state index is 13.1. The fourth-order valence-corrected chi connectivity index (χ4v) is 1.94. The molecule has 0 heterocycles. The van der Waals surface area contributed by atoms with E-state index in [2.05, 4.69) is 0 Å². The topological polar surface area (TPSA) is 29.1 Å². The van der Waals surface area contributed by atoms with Crippen LogP contribution in [-0.2, 0) is 0 Å². The van der Waals surface area contributed by atoms with Crippen molar-refractivity contribution in [2.75, 3.05) is 0 Å². The minimum atomic E-state index is -4.58. The highest BCUT2D eigenvalue weighted by atomic mass is 35.5. The Morgan fingerprint density at radius 1 is 1.00 bits per heavy atom. The lowest BCUT2D eigenvalue weighted by Gasteiger charge is -2.22. The summed E-state index contributed by atoms with van der Waals surface area (Å²) < 4.78 is 39.3. The number of halogens is 4. The molecule has 2 rings (SSSR count). The molecule has 0 fully saturated rings. The first-order chi connectivity index (χ1) is 9.88. The minimum absolute atomic E-state index is 0.0210. The largest absolute Gasteiger partial charge is 0.412 e. The van der Waals surface area contributed by atoms with Crippen molar-refractivity contribution in [1.82, 2.24) is 5.32 Å². The normalized spacial score (nSPS) is 12.8. The molecule has 1 amide bonds. The van der Waals surface area contributed by atoms with E-state index in [1.165, 1.54) is 48.5 Å². The molecule has 0 aliphatic carbocycles. The Bertz CT molecular complexity index is 611. The quantitative estimate of drug-likeness (QED) is 0.895. The molecule has 0 aliphatic rings. The number of hydrogen-bond acceptors (Lipinski definition) is 1. The summed E-state index contributed by atoms with van der Waals surface area (Å²) in [6.45, 7) is 0. The molecule has 2 aromatic carbocycles. The van der Waals surface area contributed by atoms with Crippen LogP contribution in [0.2, 0.25) is 5.02 Å². The molecular weight excluding hydrogens is 303 g/mol. The van der Waals surface area contributed by atoms with Crippen LogP contribution >= 0.6 is 11.6 Å². The van der Waals surface area contributed by atoms with Crippen molar-refractivity contribution in [3.05, 3.63) is 70.7 Å². The summed E-state index contributed by atoms with van der Waals surface area (Å²) in [5, 5.41) is 2.41. The highest BCUT2D eigenvalue weighted by molar-refractivity contribution is 6.30. The van der Waals surface area contributed by atoms with Crippen LogP contribution in [-0.4, -0.2) is 12.1 Å². The van der Waals surface area contributed by atoms with E-state index < -0.39 is 18.1 Å². The van der Waals surface area contributed by atoms with Gasteiger partial charge < -0.3 is 5.32 Å². The van der Waals surface area contributed by atoms with Crippen LogP contribution in [0.5, 0.6) is 0 Å². The van der Waals surface area contributed by atoms with Crippen molar-refractivity contribution in [3.8, 4) is 0 Å². The molecule has 0 saturated heterocycles. The lowest BCUT2D eigenvalue weighted by molar-refractivity contribution is -0.155. The molecule has 0 bridgehead atoms. The third-order valence-electron chi connectivity index (χ3n) is 2.84. The Morgan fingerprint density at radius 2 is 1.57 bits per heavy atom. The molecule has 2 nitrogen and oxygen atoms in total. The van der Waals surface area contributed by atoms with Crippen LogP contribution < -0.4 is 5.32 Å². The van der Waals surface area contributed by atoms with E-state index >= 15 is 0 Å². The average Bonchev–Trinajstić information content (AvgIpc) is 2.45. The van der Waals surface area contributed by atoms with Gasteiger partial charge >= 0.3 is 6.18 Å². The fraction of sp³-hybridized carbons (Fsp3) is 0.133. The molecular formula is C15H11ClF3NO. The molecule has 2 aromatic rings. The van der Waals surface area contributed by atoms with E-state index in [1.54, 1.807) is 6.07 Å². The highest BCUT2D eigenvalue weighted by Crippen LogP contribution is 2.32. The summed E-state index contributed by atoms with van der Waals surface area (Å²) in [5.74, 6) is -0.808. The number of rotatable bonds is 3. The third kappa shape index (κ3) is 3.98. The van der Waals surface area contributed by atoms with Gasteiger partial charge in [0.2, 0.25) is 0 Å². The first-order valence-electron chi connectivity index (χ1n) is 6.06. The van der Waals surface area contributed by atoms with Gasteiger partial charge in [-0.25, -0.2) is 0 Å². The van der Waals surface area contributed by atoms with Crippen LogP contribution in [0.15, 0.2) is 54.6 Å². The molecule has 0 radical (unpaired) electrons.